The number of nitrogens with two attached hydrogens (primary N) is 1. The highest BCUT2D eigenvalue weighted by Crippen LogP contribution is 2.39. The van der Waals surface area contributed by atoms with E-state index in [4.69, 9.17) is 19.9 Å². The molecule has 0 amide bonds. The number of hydrogen-bond donors (Lipinski definition) is 2. The molecule has 5 heteroatoms. The summed E-state index contributed by atoms with van der Waals surface area (Å²) in [7, 11) is 3.18. The predicted octanol–water partition coefficient (Wildman–Crippen LogP) is 0.291. The maximum Gasteiger partial charge on any atom is 0.161 e. The first-order valence-electron chi connectivity index (χ1n) is 5.86. The van der Waals surface area contributed by atoms with Gasteiger partial charge in [-0.1, -0.05) is 6.07 Å². The molecule has 1 unspecified atom stereocenters. The van der Waals surface area contributed by atoms with Gasteiger partial charge in [-0.15, -0.1) is 0 Å². The molecule has 3 N–H and O–H groups in total. The van der Waals surface area contributed by atoms with E-state index in [0.29, 0.717) is 24.7 Å². The fraction of sp³-hybridized carbons (Fsp3) is 0.538. The van der Waals surface area contributed by atoms with Crippen LogP contribution in [0.5, 0.6) is 11.5 Å². The number of aliphatic hydroxyl groups is 1. The van der Waals surface area contributed by atoms with Gasteiger partial charge in [-0.25, -0.2) is 0 Å². The molecule has 2 rings (SSSR count). The van der Waals surface area contributed by atoms with Crippen molar-refractivity contribution in [3.63, 3.8) is 0 Å². The highest BCUT2D eigenvalue weighted by atomic mass is 16.5. The quantitative estimate of drug-likeness (QED) is 0.789. The van der Waals surface area contributed by atoms with Crippen molar-refractivity contribution in [2.45, 2.75) is 11.5 Å². The molecule has 0 radical (unpaired) electrons. The van der Waals surface area contributed by atoms with Crippen LogP contribution in [0.15, 0.2) is 18.2 Å². The molecule has 0 bridgehead atoms. The number of methoxy groups -OCH3 is 2. The number of rotatable bonds is 5. The van der Waals surface area contributed by atoms with E-state index in [1.807, 2.05) is 18.2 Å². The van der Waals surface area contributed by atoms with Gasteiger partial charge in [0.1, 0.15) is 0 Å². The van der Waals surface area contributed by atoms with Crippen molar-refractivity contribution in [2.24, 2.45) is 5.73 Å². The van der Waals surface area contributed by atoms with Crippen LogP contribution in [0.2, 0.25) is 0 Å². The van der Waals surface area contributed by atoms with E-state index >= 15 is 0 Å². The zero-order valence-electron chi connectivity index (χ0n) is 10.7. The minimum atomic E-state index is -0.621. The fourth-order valence-corrected chi connectivity index (χ4v) is 2.24. The van der Waals surface area contributed by atoms with Crippen LogP contribution >= 0.6 is 0 Å². The minimum absolute atomic E-state index is 0.206. The SMILES string of the molecule is COc1ccc(C2(C(O)CN)COC2)cc1OC. The predicted molar refractivity (Wildman–Crippen MR) is 67.1 cm³/mol. The average Bonchev–Trinajstić information content (AvgIpc) is 2.36. The number of benzene rings is 1. The average molecular weight is 253 g/mol. The van der Waals surface area contributed by atoms with Crippen LogP contribution in [0.1, 0.15) is 5.56 Å². The van der Waals surface area contributed by atoms with E-state index in [1.165, 1.54) is 0 Å². The topological polar surface area (TPSA) is 73.9 Å². The highest BCUT2D eigenvalue weighted by Gasteiger charge is 2.46. The first kappa shape index (κ1) is 13.1. The second-order valence-corrected chi connectivity index (χ2v) is 4.47. The van der Waals surface area contributed by atoms with Gasteiger partial charge in [0.05, 0.1) is 39.0 Å². The normalized spacial score (nSPS) is 18.9. The maximum absolute atomic E-state index is 10.1. The minimum Gasteiger partial charge on any atom is -0.493 e. The molecule has 1 saturated heterocycles. The summed E-state index contributed by atoms with van der Waals surface area (Å²) in [5, 5.41) is 10.1. The van der Waals surface area contributed by atoms with Crippen molar-refractivity contribution < 1.29 is 19.3 Å². The third-order valence-corrected chi connectivity index (χ3v) is 3.54. The number of aliphatic hydroxyl groups excluding tert-OH is 1. The maximum atomic E-state index is 10.1. The summed E-state index contributed by atoms with van der Waals surface area (Å²) in [6, 6.07) is 5.63. The van der Waals surface area contributed by atoms with Crippen molar-refractivity contribution >= 4 is 0 Å². The van der Waals surface area contributed by atoms with Crippen LogP contribution in [0.4, 0.5) is 0 Å². The Hall–Kier alpha value is -1.30. The zero-order valence-corrected chi connectivity index (χ0v) is 10.7. The Morgan fingerprint density at radius 2 is 2.00 bits per heavy atom. The van der Waals surface area contributed by atoms with Crippen molar-refractivity contribution in [3.8, 4) is 11.5 Å². The lowest BCUT2D eigenvalue weighted by atomic mass is 9.73. The van der Waals surface area contributed by atoms with E-state index in [-0.39, 0.29) is 6.54 Å². The van der Waals surface area contributed by atoms with Crippen molar-refractivity contribution in [1.29, 1.82) is 0 Å². The summed E-state index contributed by atoms with van der Waals surface area (Å²) in [5.41, 5.74) is 6.11. The Balaban J connectivity index is 2.37. The van der Waals surface area contributed by atoms with Crippen molar-refractivity contribution in [2.75, 3.05) is 34.0 Å². The van der Waals surface area contributed by atoms with Crippen LogP contribution in [0.3, 0.4) is 0 Å². The van der Waals surface area contributed by atoms with Gasteiger partial charge in [-0.2, -0.15) is 0 Å². The lowest BCUT2D eigenvalue weighted by molar-refractivity contribution is -0.116. The Morgan fingerprint density at radius 3 is 2.44 bits per heavy atom. The largest absolute Gasteiger partial charge is 0.493 e. The molecular formula is C13H19NO4. The molecule has 18 heavy (non-hydrogen) atoms. The molecule has 1 heterocycles. The summed E-state index contributed by atoms with van der Waals surface area (Å²) in [6.07, 6.45) is -0.621. The fourth-order valence-electron chi connectivity index (χ4n) is 2.24. The van der Waals surface area contributed by atoms with Crippen LogP contribution in [0.25, 0.3) is 0 Å². The molecule has 1 fully saturated rings. The summed E-state index contributed by atoms with van der Waals surface area (Å²) in [5.74, 6) is 1.31. The van der Waals surface area contributed by atoms with Gasteiger partial charge in [0.25, 0.3) is 0 Å². The molecule has 5 nitrogen and oxygen atoms in total. The number of ether oxygens (including phenoxy) is 3. The first-order chi connectivity index (χ1) is 8.67. The second-order valence-electron chi connectivity index (χ2n) is 4.47. The lowest BCUT2D eigenvalue weighted by Crippen LogP contribution is -2.57. The smallest absolute Gasteiger partial charge is 0.161 e. The zero-order chi connectivity index (χ0) is 13.2. The van der Waals surface area contributed by atoms with Gasteiger partial charge in [0.15, 0.2) is 11.5 Å². The first-order valence-corrected chi connectivity index (χ1v) is 5.86. The molecule has 0 aliphatic carbocycles. The number of hydrogen-bond acceptors (Lipinski definition) is 5. The van der Waals surface area contributed by atoms with Gasteiger partial charge in [-0.05, 0) is 17.7 Å². The third kappa shape index (κ3) is 1.94. The molecule has 0 aromatic heterocycles. The molecule has 1 aliphatic rings. The second kappa shape index (κ2) is 5.14. The standard InChI is InChI=1S/C13H19NO4/c1-16-10-4-3-9(5-11(10)17-2)13(7-18-8-13)12(15)6-14/h3-5,12,15H,6-8,14H2,1-2H3. The Labute approximate surface area is 106 Å². The van der Waals surface area contributed by atoms with Crippen molar-refractivity contribution in [1.82, 2.24) is 0 Å². The van der Waals surface area contributed by atoms with Crippen molar-refractivity contribution in [3.05, 3.63) is 23.8 Å². The van der Waals surface area contributed by atoms with Gasteiger partial charge < -0.3 is 25.1 Å². The molecule has 1 aromatic carbocycles. The van der Waals surface area contributed by atoms with E-state index < -0.39 is 11.5 Å². The Morgan fingerprint density at radius 1 is 1.33 bits per heavy atom. The molecular weight excluding hydrogens is 234 g/mol. The van der Waals surface area contributed by atoms with Gasteiger partial charge in [0.2, 0.25) is 0 Å². The molecule has 1 aliphatic heterocycles. The third-order valence-electron chi connectivity index (χ3n) is 3.54. The summed E-state index contributed by atoms with van der Waals surface area (Å²) in [4.78, 5) is 0. The van der Waals surface area contributed by atoms with Crippen LogP contribution in [-0.2, 0) is 10.2 Å². The molecule has 0 spiro atoms. The van der Waals surface area contributed by atoms with Crippen LogP contribution < -0.4 is 15.2 Å². The van der Waals surface area contributed by atoms with Gasteiger partial charge >= 0.3 is 0 Å². The Kier molecular flexibility index (Phi) is 3.75. The molecule has 0 saturated carbocycles. The van der Waals surface area contributed by atoms with E-state index in [0.717, 1.165) is 5.56 Å². The van der Waals surface area contributed by atoms with Crippen LogP contribution in [0, 0.1) is 0 Å². The van der Waals surface area contributed by atoms with Gasteiger partial charge in [0, 0.05) is 6.54 Å². The molecule has 1 aromatic rings. The van der Waals surface area contributed by atoms with E-state index in [1.54, 1.807) is 14.2 Å². The molecule has 1 atom stereocenters. The summed E-state index contributed by atoms with van der Waals surface area (Å²) < 4.78 is 15.7. The van der Waals surface area contributed by atoms with Gasteiger partial charge in [-0.3, -0.25) is 0 Å². The monoisotopic (exact) mass is 253 g/mol. The van der Waals surface area contributed by atoms with Crippen LogP contribution in [-0.4, -0.2) is 45.2 Å². The summed E-state index contributed by atoms with van der Waals surface area (Å²) >= 11 is 0. The lowest BCUT2D eigenvalue weighted by Gasteiger charge is -2.45. The Bertz CT molecular complexity index is 417. The van der Waals surface area contributed by atoms with E-state index in [9.17, 15) is 5.11 Å². The summed E-state index contributed by atoms with van der Waals surface area (Å²) in [6.45, 7) is 1.15. The highest BCUT2D eigenvalue weighted by molar-refractivity contribution is 5.46. The van der Waals surface area contributed by atoms with E-state index in [2.05, 4.69) is 0 Å². The molecule has 100 valence electrons.